The summed E-state index contributed by atoms with van der Waals surface area (Å²) in [5.41, 5.74) is -0.621. The normalized spacial score (nSPS) is 13.4. The Balaban J connectivity index is 1.96. The fraction of sp³-hybridized carbons (Fsp3) is 0.0385. The highest BCUT2D eigenvalue weighted by molar-refractivity contribution is 6.53. The van der Waals surface area contributed by atoms with E-state index in [9.17, 15) is 14.4 Å². The first-order valence-electron chi connectivity index (χ1n) is 10.1. The number of cyclic esters (lactones) is 1. The number of ether oxygens (including phenoxy) is 3. The maximum Gasteiger partial charge on any atom is 0.341 e. The molecule has 3 aromatic rings. The summed E-state index contributed by atoms with van der Waals surface area (Å²) in [6.45, 7) is 6.73. The number of halogens is 4. The molecule has 4 rings (SSSR count). The molecule has 0 bridgehead atoms. The van der Waals surface area contributed by atoms with Crippen molar-refractivity contribution in [2.24, 2.45) is 0 Å². The van der Waals surface area contributed by atoms with Gasteiger partial charge in [-0.05, 0) is 24.3 Å². The van der Waals surface area contributed by atoms with E-state index in [0.29, 0.717) is 11.1 Å². The van der Waals surface area contributed by atoms with Crippen molar-refractivity contribution in [2.75, 3.05) is 0 Å². The van der Waals surface area contributed by atoms with Crippen molar-refractivity contribution < 1.29 is 28.6 Å². The highest BCUT2D eigenvalue weighted by Gasteiger charge is 2.52. The molecule has 36 heavy (non-hydrogen) atoms. The van der Waals surface area contributed by atoms with Gasteiger partial charge in [-0.2, -0.15) is 0 Å². The lowest BCUT2D eigenvalue weighted by molar-refractivity contribution is -0.129. The van der Waals surface area contributed by atoms with Gasteiger partial charge in [0, 0.05) is 28.8 Å². The third-order valence-electron chi connectivity index (χ3n) is 5.36. The Hall–Kier alpha value is -3.29. The first kappa shape index (κ1) is 25.8. The molecule has 0 fully saturated rings. The molecule has 0 aromatic heterocycles. The molecule has 0 aliphatic carbocycles. The fourth-order valence-corrected chi connectivity index (χ4v) is 4.86. The molecular formula is C26H14Cl4O6. The van der Waals surface area contributed by atoms with Crippen LogP contribution in [0, 0.1) is 0 Å². The number of fused-ring (bicyclic) bond motifs is 1. The van der Waals surface area contributed by atoms with Crippen LogP contribution in [0.5, 0.6) is 11.5 Å². The Kier molecular flexibility index (Phi) is 7.16. The monoisotopic (exact) mass is 562 g/mol. The lowest BCUT2D eigenvalue weighted by atomic mass is 9.79. The summed E-state index contributed by atoms with van der Waals surface area (Å²) >= 11 is 25.6. The van der Waals surface area contributed by atoms with E-state index >= 15 is 0 Å². The number of esters is 3. The molecule has 0 saturated carbocycles. The molecular weight excluding hydrogens is 550 g/mol. The Morgan fingerprint density at radius 2 is 1.14 bits per heavy atom. The number of carbonyl (C=O) groups excluding carboxylic acids is 3. The smallest absolute Gasteiger partial charge is 0.341 e. The van der Waals surface area contributed by atoms with Crippen LogP contribution < -0.4 is 9.47 Å². The summed E-state index contributed by atoms with van der Waals surface area (Å²) in [5, 5.41) is -0.289. The van der Waals surface area contributed by atoms with Gasteiger partial charge in [0.2, 0.25) is 0 Å². The molecule has 1 heterocycles. The van der Waals surface area contributed by atoms with E-state index in [4.69, 9.17) is 60.6 Å². The van der Waals surface area contributed by atoms with Crippen LogP contribution in [-0.4, -0.2) is 17.9 Å². The number of rotatable bonds is 6. The molecule has 10 heteroatoms. The third kappa shape index (κ3) is 4.27. The zero-order valence-corrected chi connectivity index (χ0v) is 21.2. The van der Waals surface area contributed by atoms with Gasteiger partial charge >= 0.3 is 17.9 Å². The molecule has 0 unspecified atom stereocenters. The highest BCUT2D eigenvalue weighted by atomic mass is 35.5. The molecule has 0 N–H and O–H groups in total. The van der Waals surface area contributed by atoms with E-state index in [1.165, 1.54) is 24.3 Å². The molecule has 1 aliphatic heterocycles. The molecule has 1 aliphatic rings. The van der Waals surface area contributed by atoms with Gasteiger partial charge in [-0.1, -0.05) is 83.8 Å². The van der Waals surface area contributed by atoms with Gasteiger partial charge in [0.15, 0.2) is 5.60 Å². The van der Waals surface area contributed by atoms with Crippen molar-refractivity contribution in [2.45, 2.75) is 5.60 Å². The average molecular weight is 564 g/mol. The van der Waals surface area contributed by atoms with Gasteiger partial charge in [-0.25, -0.2) is 14.4 Å². The maximum absolute atomic E-state index is 13.1. The summed E-state index contributed by atoms with van der Waals surface area (Å²) in [6, 6.07) is 12.4. The predicted octanol–water partition coefficient (Wildman–Crippen LogP) is 6.95. The second-order valence-electron chi connectivity index (χ2n) is 7.38. The summed E-state index contributed by atoms with van der Waals surface area (Å²) in [4.78, 5) is 36.3. The Morgan fingerprint density at radius 3 is 1.56 bits per heavy atom. The van der Waals surface area contributed by atoms with Gasteiger partial charge in [0.05, 0.1) is 25.7 Å². The largest absolute Gasteiger partial charge is 0.440 e. The van der Waals surface area contributed by atoms with Gasteiger partial charge in [0.1, 0.15) is 11.5 Å². The molecule has 0 saturated heterocycles. The molecule has 0 spiro atoms. The van der Waals surface area contributed by atoms with Gasteiger partial charge in [-0.15, -0.1) is 0 Å². The maximum atomic E-state index is 13.1. The number of benzene rings is 3. The Labute approximate surface area is 225 Å². The van der Waals surface area contributed by atoms with Crippen LogP contribution in [0.15, 0.2) is 73.8 Å². The van der Waals surface area contributed by atoms with Gasteiger partial charge < -0.3 is 14.2 Å². The minimum atomic E-state index is -1.62. The van der Waals surface area contributed by atoms with Crippen LogP contribution in [-0.2, 0) is 19.9 Å². The van der Waals surface area contributed by atoms with Crippen LogP contribution in [0.2, 0.25) is 20.1 Å². The zero-order valence-electron chi connectivity index (χ0n) is 18.1. The predicted molar refractivity (Wildman–Crippen MR) is 136 cm³/mol. The second-order valence-corrected chi connectivity index (χ2v) is 8.89. The van der Waals surface area contributed by atoms with E-state index in [1.54, 1.807) is 24.3 Å². The zero-order chi connectivity index (χ0) is 26.2. The number of carbonyl (C=O) groups is 3. The van der Waals surface area contributed by atoms with Crippen LogP contribution in [0.1, 0.15) is 27.0 Å². The molecule has 0 amide bonds. The van der Waals surface area contributed by atoms with Crippen LogP contribution >= 0.6 is 46.4 Å². The van der Waals surface area contributed by atoms with Crippen molar-refractivity contribution in [1.82, 2.24) is 0 Å². The minimum absolute atomic E-state index is 0.0313. The average Bonchev–Trinajstić information content (AvgIpc) is 3.20. The van der Waals surface area contributed by atoms with E-state index in [-0.39, 0.29) is 42.7 Å². The van der Waals surface area contributed by atoms with Crippen LogP contribution in [0.4, 0.5) is 0 Å². The van der Waals surface area contributed by atoms with Crippen molar-refractivity contribution in [3.8, 4) is 11.5 Å². The van der Waals surface area contributed by atoms with E-state index < -0.39 is 23.5 Å². The van der Waals surface area contributed by atoms with Crippen molar-refractivity contribution >= 4 is 64.3 Å². The first-order chi connectivity index (χ1) is 17.1. The topological polar surface area (TPSA) is 78.9 Å². The van der Waals surface area contributed by atoms with Crippen molar-refractivity contribution in [1.29, 1.82) is 0 Å². The highest BCUT2D eigenvalue weighted by Crippen LogP contribution is 2.55. The summed E-state index contributed by atoms with van der Waals surface area (Å²) < 4.78 is 16.3. The molecule has 0 atom stereocenters. The lowest BCUT2D eigenvalue weighted by Gasteiger charge is -2.31. The van der Waals surface area contributed by atoms with E-state index in [1.807, 2.05) is 0 Å². The fourth-order valence-electron chi connectivity index (χ4n) is 3.80. The standard InChI is InChI=1S/C26H14Cl4O6/c1-3-17(31)34-15-9-5-13(6-10-15)26(14-7-11-16(12-8-14)35-18(32)4-2)20-19(25(33)36-26)21(27)23(29)24(30)22(20)28/h3-12H,1-2H2. The van der Waals surface area contributed by atoms with E-state index in [0.717, 1.165) is 12.2 Å². The number of hydrogen-bond acceptors (Lipinski definition) is 6. The SMILES string of the molecule is C=CC(=O)Oc1ccc(C2(c3ccc(OC(=O)C=C)cc3)OC(=O)c3c(Cl)c(Cl)c(Cl)c(Cl)c32)cc1. The van der Waals surface area contributed by atoms with Crippen LogP contribution in [0.25, 0.3) is 0 Å². The summed E-state index contributed by atoms with van der Waals surface area (Å²) in [6.07, 6.45) is 2.05. The Morgan fingerprint density at radius 1 is 0.722 bits per heavy atom. The first-order valence-corrected chi connectivity index (χ1v) is 11.6. The molecule has 0 radical (unpaired) electrons. The van der Waals surface area contributed by atoms with Gasteiger partial charge in [-0.3, -0.25) is 0 Å². The number of hydrogen-bond donors (Lipinski definition) is 0. The summed E-state index contributed by atoms with van der Waals surface area (Å²) in [5.74, 6) is -1.60. The van der Waals surface area contributed by atoms with E-state index in [2.05, 4.69) is 13.2 Å². The Bertz CT molecular complexity index is 1360. The van der Waals surface area contributed by atoms with Crippen molar-refractivity contribution in [3.63, 3.8) is 0 Å². The third-order valence-corrected chi connectivity index (χ3v) is 7.16. The van der Waals surface area contributed by atoms with Crippen LogP contribution in [0.3, 0.4) is 0 Å². The minimum Gasteiger partial charge on any atom is -0.440 e. The van der Waals surface area contributed by atoms with Gasteiger partial charge in [0.25, 0.3) is 0 Å². The van der Waals surface area contributed by atoms with Crippen molar-refractivity contribution in [3.05, 3.63) is 116 Å². The second kappa shape index (κ2) is 9.99. The molecule has 3 aromatic carbocycles. The quantitative estimate of drug-likeness (QED) is 0.106. The molecule has 6 nitrogen and oxygen atoms in total. The summed E-state index contributed by atoms with van der Waals surface area (Å²) in [7, 11) is 0. The molecule has 182 valence electrons. The lowest BCUT2D eigenvalue weighted by Crippen LogP contribution is -2.30.